The normalized spacial score (nSPS) is 9.40. The lowest BCUT2D eigenvalue weighted by Crippen LogP contribution is -2.28. The Balaban J connectivity index is 0. The van der Waals surface area contributed by atoms with Crippen LogP contribution in [0.5, 0.6) is 0 Å². The highest BCUT2D eigenvalue weighted by atomic mass is 16.2. The van der Waals surface area contributed by atoms with Gasteiger partial charge in [0, 0.05) is 32.5 Å². The average Bonchev–Trinajstić information content (AvgIpc) is 2.48. The van der Waals surface area contributed by atoms with Crippen molar-refractivity contribution in [2.75, 3.05) is 26.2 Å². The van der Waals surface area contributed by atoms with Gasteiger partial charge in [0.1, 0.15) is 0 Å². The minimum absolute atomic E-state index is 0.0652. The van der Waals surface area contributed by atoms with E-state index in [1.165, 1.54) is 12.8 Å². The highest BCUT2D eigenvalue weighted by Crippen LogP contribution is 1.96. The fourth-order valence-corrected chi connectivity index (χ4v) is 1.31. The van der Waals surface area contributed by atoms with E-state index in [1.54, 1.807) is 0 Å². The second-order valence-corrected chi connectivity index (χ2v) is 4.40. The van der Waals surface area contributed by atoms with Gasteiger partial charge < -0.3 is 22.1 Å². The Morgan fingerprint density at radius 3 is 1.70 bits per heavy atom. The van der Waals surface area contributed by atoms with Crippen molar-refractivity contribution in [3.8, 4) is 0 Å². The summed E-state index contributed by atoms with van der Waals surface area (Å²) in [5, 5.41) is 5.46. The van der Waals surface area contributed by atoms with Crippen LogP contribution in [0.1, 0.15) is 52.4 Å². The summed E-state index contributed by atoms with van der Waals surface area (Å²) >= 11 is 0. The van der Waals surface area contributed by atoms with Crippen LogP contribution in [0.25, 0.3) is 0 Å². The van der Waals surface area contributed by atoms with Crippen LogP contribution >= 0.6 is 0 Å². The summed E-state index contributed by atoms with van der Waals surface area (Å²) in [5.41, 5.74) is 10.5. The van der Waals surface area contributed by atoms with Crippen molar-refractivity contribution >= 4 is 11.8 Å². The Kier molecular flexibility index (Phi) is 18.9. The summed E-state index contributed by atoms with van der Waals surface area (Å²) in [6.45, 7) is 6.38. The zero-order valence-electron chi connectivity index (χ0n) is 13.0. The van der Waals surface area contributed by atoms with Gasteiger partial charge in [0.05, 0.1) is 0 Å². The summed E-state index contributed by atoms with van der Waals surface area (Å²) in [6, 6.07) is 0. The molecule has 0 aliphatic heterocycles. The van der Waals surface area contributed by atoms with Crippen LogP contribution in [0.15, 0.2) is 0 Å². The first kappa shape index (κ1) is 21.2. The van der Waals surface area contributed by atoms with Crippen molar-refractivity contribution in [2.45, 2.75) is 52.4 Å². The third kappa shape index (κ3) is 19.2. The highest BCUT2D eigenvalue weighted by Gasteiger charge is 1.94. The maximum Gasteiger partial charge on any atom is 0.219 e. The van der Waals surface area contributed by atoms with Crippen molar-refractivity contribution in [1.82, 2.24) is 10.6 Å². The predicted octanol–water partition coefficient (Wildman–Crippen LogP) is 0.503. The molecule has 0 aromatic carbocycles. The molecule has 0 fully saturated rings. The van der Waals surface area contributed by atoms with E-state index in [0.717, 1.165) is 25.9 Å². The molecule has 0 aliphatic carbocycles. The van der Waals surface area contributed by atoms with Gasteiger partial charge in [-0.25, -0.2) is 0 Å². The molecular formula is C14H32N4O2. The van der Waals surface area contributed by atoms with Crippen LogP contribution < -0.4 is 22.1 Å². The molecule has 0 radical (unpaired) electrons. The van der Waals surface area contributed by atoms with Gasteiger partial charge in [-0.3, -0.25) is 9.59 Å². The van der Waals surface area contributed by atoms with Crippen LogP contribution in [0.4, 0.5) is 0 Å². The minimum Gasteiger partial charge on any atom is -0.356 e. The van der Waals surface area contributed by atoms with Crippen molar-refractivity contribution < 1.29 is 9.59 Å². The standard InChI is InChI=1S/C9H20N2O.C5H12N2O/c1-2-9(12)11-8-6-4-3-5-7-10;1-2-5(8)7-4-3-6/h2-8,10H2,1H3,(H,11,12);2-4,6H2,1H3,(H,7,8). The molecule has 2 amide bonds. The lowest BCUT2D eigenvalue weighted by molar-refractivity contribution is -0.121. The molecule has 20 heavy (non-hydrogen) atoms. The van der Waals surface area contributed by atoms with E-state index in [9.17, 15) is 9.59 Å². The van der Waals surface area contributed by atoms with Gasteiger partial charge in [0.25, 0.3) is 0 Å². The number of hydrogen-bond donors (Lipinski definition) is 4. The number of nitrogens with two attached hydrogens (primary N) is 2. The molecule has 0 spiro atoms. The molecule has 6 nitrogen and oxygen atoms in total. The van der Waals surface area contributed by atoms with E-state index in [0.29, 0.717) is 25.9 Å². The molecule has 0 saturated heterocycles. The van der Waals surface area contributed by atoms with E-state index >= 15 is 0 Å². The third-order valence-corrected chi connectivity index (χ3v) is 2.56. The van der Waals surface area contributed by atoms with Gasteiger partial charge >= 0.3 is 0 Å². The van der Waals surface area contributed by atoms with Gasteiger partial charge in [-0.2, -0.15) is 0 Å². The fourth-order valence-electron chi connectivity index (χ4n) is 1.31. The van der Waals surface area contributed by atoms with Crippen molar-refractivity contribution in [2.24, 2.45) is 11.5 Å². The number of carbonyl (C=O) groups is 2. The predicted molar refractivity (Wildman–Crippen MR) is 83.2 cm³/mol. The molecule has 0 unspecified atom stereocenters. The number of carbonyl (C=O) groups excluding carboxylic acids is 2. The Morgan fingerprint density at radius 2 is 1.25 bits per heavy atom. The Bertz CT molecular complexity index is 235. The quantitative estimate of drug-likeness (QED) is 0.439. The summed E-state index contributed by atoms with van der Waals surface area (Å²) in [6.07, 6.45) is 5.65. The van der Waals surface area contributed by atoms with Gasteiger partial charge in [-0.15, -0.1) is 0 Å². The van der Waals surface area contributed by atoms with Crippen molar-refractivity contribution in [3.05, 3.63) is 0 Å². The molecule has 0 aromatic rings. The Hall–Kier alpha value is -1.14. The van der Waals surface area contributed by atoms with Gasteiger partial charge in [0.2, 0.25) is 11.8 Å². The molecule has 0 saturated carbocycles. The third-order valence-electron chi connectivity index (χ3n) is 2.56. The van der Waals surface area contributed by atoms with Crippen molar-refractivity contribution in [3.63, 3.8) is 0 Å². The number of rotatable bonds is 10. The van der Waals surface area contributed by atoms with Crippen LogP contribution in [0.3, 0.4) is 0 Å². The Morgan fingerprint density at radius 1 is 0.750 bits per heavy atom. The maximum absolute atomic E-state index is 10.8. The summed E-state index contributed by atoms with van der Waals surface area (Å²) in [5.74, 6) is 0.212. The molecule has 0 rings (SSSR count). The SMILES string of the molecule is CCC(=O)NCCCCCCN.CCC(=O)NCCN. The molecule has 0 bridgehead atoms. The summed E-state index contributed by atoms with van der Waals surface area (Å²) in [7, 11) is 0. The van der Waals surface area contributed by atoms with Gasteiger partial charge in [0.15, 0.2) is 0 Å². The molecule has 120 valence electrons. The second kappa shape index (κ2) is 17.9. The number of nitrogens with one attached hydrogen (secondary N) is 2. The van der Waals surface area contributed by atoms with Crippen LogP contribution in [-0.4, -0.2) is 38.0 Å². The van der Waals surface area contributed by atoms with Crippen molar-refractivity contribution in [1.29, 1.82) is 0 Å². The highest BCUT2D eigenvalue weighted by molar-refractivity contribution is 5.75. The fraction of sp³-hybridized carbons (Fsp3) is 0.857. The van der Waals surface area contributed by atoms with Gasteiger partial charge in [-0.05, 0) is 19.4 Å². The number of unbranched alkanes of at least 4 members (excludes halogenated alkanes) is 3. The monoisotopic (exact) mass is 288 g/mol. The first-order valence-electron chi connectivity index (χ1n) is 7.55. The van der Waals surface area contributed by atoms with Crippen LogP contribution in [0.2, 0.25) is 0 Å². The van der Waals surface area contributed by atoms with E-state index in [4.69, 9.17) is 11.5 Å². The topological polar surface area (TPSA) is 110 Å². The largest absolute Gasteiger partial charge is 0.356 e. The molecule has 0 aliphatic rings. The number of amides is 2. The van der Waals surface area contributed by atoms with Crippen LogP contribution in [-0.2, 0) is 9.59 Å². The first-order chi connectivity index (χ1) is 9.62. The number of hydrogen-bond acceptors (Lipinski definition) is 4. The summed E-state index contributed by atoms with van der Waals surface area (Å²) in [4.78, 5) is 21.2. The second-order valence-electron chi connectivity index (χ2n) is 4.40. The lowest BCUT2D eigenvalue weighted by atomic mass is 10.2. The average molecular weight is 288 g/mol. The Labute approximate surface area is 123 Å². The minimum atomic E-state index is 0.0652. The molecule has 6 heteroatoms. The first-order valence-corrected chi connectivity index (χ1v) is 7.55. The van der Waals surface area contributed by atoms with Gasteiger partial charge in [-0.1, -0.05) is 26.7 Å². The summed E-state index contributed by atoms with van der Waals surface area (Å²) < 4.78 is 0. The van der Waals surface area contributed by atoms with E-state index in [1.807, 2.05) is 13.8 Å². The zero-order chi connectivity index (χ0) is 15.6. The van der Waals surface area contributed by atoms with E-state index in [2.05, 4.69) is 10.6 Å². The zero-order valence-corrected chi connectivity index (χ0v) is 13.0. The molecule has 0 heterocycles. The van der Waals surface area contributed by atoms with E-state index < -0.39 is 0 Å². The van der Waals surface area contributed by atoms with Crippen LogP contribution in [0, 0.1) is 0 Å². The smallest absolute Gasteiger partial charge is 0.219 e. The molecule has 0 atom stereocenters. The maximum atomic E-state index is 10.8. The molecule has 0 aromatic heterocycles. The van der Waals surface area contributed by atoms with E-state index in [-0.39, 0.29) is 11.8 Å². The molecular weight excluding hydrogens is 256 g/mol. The molecule has 6 N–H and O–H groups in total. The lowest BCUT2D eigenvalue weighted by Gasteiger charge is -2.02.